The first kappa shape index (κ1) is 18.4. The molecule has 6 heteroatoms. The van der Waals surface area contributed by atoms with E-state index >= 15 is 0 Å². The number of nitrogens with one attached hydrogen (secondary N) is 2. The Balaban J connectivity index is 1.53. The first-order chi connectivity index (χ1) is 12.6. The van der Waals surface area contributed by atoms with Crippen molar-refractivity contribution < 1.29 is 4.79 Å². The van der Waals surface area contributed by atoms with E-state index in [9.17, 15) is 4.79 Å². The fourth-order valence-electron chi connectivity index (χ4n) is 2.97. The molecule has 0 saturated carbocycles. The summed E-state index contributed by atoms with van der Waals surface area (Å²) in [5, 5.41) is 6.73. The van der Waals surface area contributed by atoms with Crippen molar-refractivity contribution in [3.05, 3.63) is 58.5 Å². The number of rotatable bonds is 6. The molecular formula is C20H23ClN4O. The van der Waals surface area contributed by atoms with Crippen LogP contribution in [0.3, 0.4) is 0 Å². The van der Waals surface area contributed by atoms with Crippen LogP contribution in [0, 0.1) is 6.92 Å². The number of aryl methyl sites for hydroxylation is 1. The Bertz CT molecular complexity index is 802. The average molecular weight is 371 g/mol. The number of benzene rings is 1. The molecule has 1 aliphatic rings. The topological polar surface area (TPSA) is 66.9 Å². The van der Waals surface area contributed by atoms with Gasteiger partial charge in [0.2, 0.25) is 0 Å². The predicted octanol–water partition coefficient (Wildman–Crippen LogP) is 4.99. The molecule has 0 bridgehead atoms. The molecule has 136 valence electrons. The van der Waals surface area contributed by atoms with E-state index in [0.717, 1.165) is 18.5 Å². The van der Waals surface area contributed by atoms with Crippen LogP contribution in [0.15, 0.2) is 42.2 Å². The van der Waals surface area contributed by atoms with Crippen molar-refractivity contribution in [1.29, 1.82) is 0 Å². The van der Waals surface area contributed by atoms with E-state index < -0.39 is 0 Å². The lowest BCUT2D eigenvalue weighted by Gasteiger charge is -2.13. The van der Waals surface area contributed by atoms with E-state index in [1.54, 1.807) is 24.4 Å². The summed E-state index contributed by atoms with van der Waals surface area (Å²) in [4.78, 5) is 20.8. The molecule has 2 aromatic rings. The van der Waals surface area contributed by atoms with E-state index in [1.165, 1.54) is 37.5 Å². The van der Waals surface area contributed by atoms with Gasteiger partial charge in [-0.2, -0.15) is 0 Å². The highest BCUT2D eigenvalue weighted by Gasteiger charge is 2.10. The smallest absolute Gasteiger partial charge is 0.275 e. The van der Waals surface area contributed by atoms with E-state index in [2.05, 4.69) is 26.7 Å². The van der Waals surface area contributed by atoms with E-state index in [4.69, 9.17) is 11.6 Å². The van der Waals surface area contributed by atoms with E-state index in [-0.39, 0.29) is 11.6 Å². The molecule has 3 rings (SSSR count). The summed E-state index contributed by atoms with van der Waals surface area (Å²) >= 11 is 5.93. The van der Waals surface area contributed by atoms with Crippen LogP contribution in [0.5, 0.6) is 0 Å². The zero-order valence-corrected chi connectivity index (χ0v) is 15.6. The van der Waals surface area contributed by atoms with Crippen molar-refractivity contribution in [2.45, 2.75) is 39.0 Å². The maximum absolute atomic E-state index is 12.3. The molecular weight excluding hydrogens is 348 g/mol. The largest absolute Gasteiger partial charge is 0.368 e. The molecule has 5 nitrogen and oxygen atoms in total. The van der Waals surface area contributed by atoms with Gasteiger partial charge in [-0.15, -0.1) is 0 Å². The summed E-state index contributed by atoms with van der Waals surface area (Å²) < 4.78 is 0. The highest BCUT2D eigenvalue weighted by atomic mass is 35.5. The Morgan fingerprint density at radius 1 is 1.23 bits per heavy atom. The van der Waals surface area contributed by atoms with Gasteiger partial charge in [-0.1, -0.05) is 23.3 Å². The Kier molecular flexibility index (Phi) is 6.23. The maximum Gasteiger partial charge on any atom is 0.275 e. The molecule has 0 unspecified atom stereocenters. The molecule has 0 radical (unpaired) electrons. The van der Waals surface area contributed by atoms with Gasteiger partial charge in [0, 0.05) is 17.3 Å². The summed E-state index contributed by atoms with van der Waals surface area (Å²) in [6.07, 6.45) is 11.5. The second kappa shape index (κ2) is 8.81. The monoisotopic (exact) mass is 370 g/mol. The minimum atomic E-state index is -0.290. The average Bonchev–Trinajstić information content (AvgIpc) is 2.65. The Morgan fingerprint density at radius 3 is 2.81 bits per heavy atom. The lowest BCUT2D eigenvalue weighted by atomic mass is 9.97. The van der Waals surface area contributed by atoms with Gasteiger partial charge in [0.15, 0.2) is 0 Å². The Labute approximate surface area is 158 Å². The quantitative estimate of drug-likeness (QED) is 0.702. The number of hydrogen-bond acceptors (Lipinski definition) is 4. The molecule has 0 atom stereocenters. The van der Waals surface area contributed by atoms with Gasteiger partial charge in [0.25, 0.3) is 5.91 Å². The molecule has 1 aliphatic carbocycles. The fraction of sp³-hybridized carbons (Fsp3) is 0.350. The van der Waals surface area contributed by atoms with Crippen LogP contribution in [-0.4, -0.2) is 22.4 Å². The van der Waals surface area contributed by atoms with Crippen molar-refractivity contribution in [3.8, 4) is 0 Å². The first-order valence-corrected chi connectivity index (χ1v) is 9.31. The second-order valence-corrected chi connectivity index (χ2v) is 6.92. The molecule has 0 spiro atoms. The summed E-state index contributed by atoms with van der Waals surface area (Å²) in [5.41, 5.74) is 3.41. The first-order valence-electron chi connectivity index (χ1n) is 8.93. The summed E-state index contributed by atoms with van der Waals surface area (Å²) in [5.74, 6) is 0.391. The van der Waals surface area contributed by atoms with Crippen LogP contribution in [-0.2, 0) is 0 Å². The third-order valence-corrected chi connectivity index (χ3v) is 4.69. The van der Waals surface area contributed by atoms with Crippen LogP contribution in [0.25, 0.3) is 0 Å². The number of carbonyl (C=O) groups is 1. The lowest BCUT2D eigenvalue weighted by Crippen LogP contribution is -2.15. The molecule has 2 N–H and O–H groups in total. The van der Waals surface area contributed by atoms with Gasteiger partial charge < -0.3 is 10.6 Å². The molecule has 0 aliphatic heterocycles. The maximum atomic E-state index is 12.3. The van der Waals surface area contributed by atoms with Crippen molar-refractivity contribution in [3.63, 3.8) is 0 Å². The SMILES string of the molecule is Cc1cc(Cl)ccc1NC(=O)c1cnc(NCCC2=CCCCC2)cn1. The number of halogens is 1. The van der Waals surface area contributed by atoms with Gasteiger partial charge >= 0.3 is 0 Å². The van der Waals surface area contributed by atoms with E-state index in [0.29, 0.717) is 16.5 Å². The number of amides is 1. The van der Waals surface area contributed by atoms with Crippen LogP contribution in [0.1, 0.15) is 48.2 Å². The normalized spacial score (nSPS) is 13.8. The van der Waals surface area contributed by atoms with Gasteiger partial charge in [-0.05, 0) is 62.8 Å². The van der Waals surface area contributed by atoms with Gasteiger partial charge in [0.1, 0.15) is 11.5 Å². The van der Waals surface area contributed by atoms with Crippen LogP contribution in [0.4, 0.5) is 11.5 Å². The van der Waals surface area contributed by atoms with Crippen LogP contribution < -0.4 is 10.6 Å². The molecule has 0 fully saturated rings. The van der Waals surface area contributed by atoms with Gasteiger partial charge in [0.05, 0.1) is 12.4 Å². The number of anilines is 2. The Hall–Kier alpha value is -2.40. The molecule has 0 saturated heterocycles. The number of hydrogen-bond donors (Lipinski definition) is 2. The van der Waals surface area contributed by atoms with Crippen LogP contribution >= 0.6 is 11.6 Å². The molecule has 1 heterocycles. The Morgan fingerprint density at radius 2 is 2.12 bits per heavy atom. The van der Waals surface area contributed by atoms with Gasteiger partial charge in [-0.3, -0.25) is 4.79 Å². The van der Waals surface area contributed by atoms with Crippen molar-refractivity contribution in [2.24, 2.45) is 0 Å². The summed E-state index contributed by atoms with van der Waals surface area (Å²) in [7, 11) is 0. The van der Waals surface area contributed by atoms with E-state index in [1.807, 2.05) is 6.92 Å². The standard InChI is InChI=1S/C20H23ClN4O/c1-14-11-16(21)7-8-17(14)25-20(26)18-12-24-19(13-23-18)22-10-9-15-5-3-2-4-6-15/h5,7-8,11-13H,2-4,6,9-10H2,1H3,(H,22,24)(H,25,26). The number of carbonyl (C=O) groups excluding carboxylic acids is 1. The number of nitrogens with zero attached hydrogens (tertiary/aromatic N) is 2. The lowest BCUT2D eigenvalue weighted by molar-refractivity contribution is 0.102. The highest BCUT2D eigenvalue weighted by molar-refractivity contribution is 6.30. The summed E-state index contributed by atoms with van der Waals surface area (Å²) in [6, 6.07) is 5.32. The van der Waals surface area contributed by atoms with Crippen molar-refractivity contribution >= 4 is 29.0 Å². The van der Waals surface area contributed by atoms with Crippen molar-refractivity contribution in [1.82, 2.24) is 9.97 Å². The third-order valence-electron chi connectivity index (χ3n) is 4.46. The minimum absolute atomic E-state index is 0.278. The zero-order chi connectivity index (χ0) is 18.4. The predicted molar refractivity (Wildman–Crippen MR) is 106 cm³/mol. The molecule has 1 aromatic heterocycles. The number of allylic oxidation sites excluding steroid dienone is 1. The van der Waals surface area contributed by atoms with Crippen LogP contribution in [0.2, 0.25) is 5.02 Å². The van der Waals surface area contributed by atoms with Crippen molar-refractivity contribution in [2.75, 3.05) is 17.2 Å². The molecule has 26 heavy (non-hydrogen) atoms. The number of aromatic nitrogens is 2. The van der Waals surface area contributed by atoms with Gasteiger partial charge in [-0.25, -0.2) is 9.97 Å². The third kappa shape index (κ3) is 5.05. The molecule has 1 aromatic carbocycles. The fourth-order valence-corrected chi connectivity index (χ4v) is 3.20. The second-order valence-electron chi connectivity index (χ2n) is 6.49. The zero-order valence-electron chi connectivity index (χ0n) is 14.9. The highest BCUT2D eigenvalue weighted by Crippen LogP contribution is 2.21. The summed E-state index contributed by atoms with van der Waals surface area (Å²) in [6.45, 7) is 2.72. The minimum Gasteiger partial charge on any atom is -0.368 e. The molecule has 1 amide bonds.